The normalized spacial score (nSPS) is 34.0. The highest BCUT2D eigenvalue weighted by molar-refractivity contribution is 6.01. The van der Waals surface area contributed by atoms with Crippen LogP contribution in [0.2, 0.25) is 0 Å². The molecule has 1 N–H and O–H groups in total. The maximum atomic E-state index is 14.0. The number of fused-ring (bicyclic) bond motifs is 2. The van der Waals surface area contributed by atoms with E-state index in [1.54, 1.807) is 48.2 Å². The summed E-state index contributed by atoms with van der Waals surface area (Å²) in [5.41, 5.74) is -0.318. The lowest BCUT2D eigenvalue weighted by molar-refractivity contribution is -0.147. The van der Waals surface area contributed by atoms with Gasteiger partial charge in [-0.25, -0.2) is 4.79 Å². The van der Waals surface area contributed by atoms with Gasteiger partial charge < -0.3 is 24.1 Å². The molecule has 6 unspecified atom stereocenters. The highest BCUT2D eigenvalue weighted by Crippen LogP contribution is 2.60. The summed E-state index contributed by atoms with van der Waals surface area (Å²) >= 11 is 0. The molecule has 0 radical (unpaired) electrons. The van der Waals surface area contributed by atoms with Gasteiger partial charge in [-0.2, -0.15) is 0 Å². The maximum absolute atomic E-state index is 14.0. The molecule has 0 saturated carbocycles. The third kappa shape index (κ3) is 3.12. The van der Waals surface area contributed by atoms with Crippen LogP contribution in [0, 0.1) is 17.8 Å². The topological polar surface area (TPSA) is 115 Å². The van der Waals surface area contributed by atoms with Crippen molar-refractivity contribution in [1.82, 2.24) is 4.90 Å². The SMILES string of the molecule is CCOC(=O)c1cccc(NC(=O)C2C3C(=O)N4C(c5ccco5)CC(=O)C(C)C4C34C=C[C@H]2O4)c1. The van der Waals surface area contributed by atoms with Crippen molar-refractivity contribution in [2.45, 2.75) is 44.1 Å². The number of carbonyl (C=O) groups excluding carboxylic acids is 4. The monoisotopic (exact) mass is 490 g/mol. The number of furan rings is 1. The molecule has 186 valence electrons. The zero-order valence-corrected chi connectivity index (χ0v) is 19.9. The van der Waals surface area contributed by atoms with Crippen LogP contribution in [0.3, 0.4) is 0 Å². The summed E-state index contributed by atoms with van der Waals surface area (Å²) in [7, 11) is 0. The van der Waals surface area contributed by atoms with Crippen molar-refractivity contribution in [1.29, 1.82) is 0 Å². The van der Waals surface area contributed by atoms with Crippen molar-refractivity contribution in [3.05, 3.63) is 66.1 Å². The van der Waals surface area contributed by atoms with Crippen LogP contribution in [-0.4, -0.2) is 52.8 Å². The third-order valence-corrected chi connectivity index (χ3v) is 7.90. The Kier molecular flexibility index (Phi) is 5.15. The Labute approximate surface area is 207 Å². The van der Waals surface area contributed by atoms with Gasteiger partial charge in [-0.15, -0.1) is 0 Å². The van der Waals surface area contributed by atoms with E-state index < -0.39 is 47.5 Å². The summed E-state index contributed by atoms with van der Waals surface area (Å²) in [6, 6.07) is 8.91. The minimum absolute atomic E-state index is 0.0320. The van der Waals surface area contributed by atoms with Crippen LogP contribution in [0.5, 0.6) is 0 Å². The first-order valence-electron chi connectivity index (χ1n) is 12.2. The molecule has 36 heavy (non-hydrogen) atoms. The van der Waals surface area contributed by atoms with Gasteiger partial charge in [0.25, 0.3) is 0 Å². The first-order chi connectivity index (χ1) is 17.4. The van der Waals surface area contributed by atoms with E-state index in [0.717, 1.165) is 0 Å². The average Bonchev–Trinajstić information content (AvgIpc) is 3.64. The number of ketones is 1. The summed E-state index contributed by atoms with van der Waals surface area (Å²) < 4.78 is 17.0. The number of benzene rings is 1. The Morgan fingerprint density at radius 3 is 2.81 bits per heavy atom. The lowest BCUT2D eigenvalue weighted by Gasteiger charge is -2.43. The second kappa shape index (κ2) is 8.16. The molecule has 3 saturated heterocycles. The van der Waals surface area contributed by atoms with E-state index in [1.807, 2.05) is 19.1 Å². The fourth-order valence-corrected chi connectivity index (χ4v) is 6.43. The second-order valence-electron chi connectivity index (χ2n) is 9.77. The molecule has 9 heteroatoms. The fourth-order valence-electron chi connectivity index (χ4n) is 6.43. The van der Waals surface area contributed by atoms with E-state index in [-0.39, 0.29) is 30.6 Å². The van der Waals surface area contributed by atoms with E-state index in [4.69, 9.17) is 13.9 Å². The summed E-state index contributed by atoms with van der Waals surface area (Å²) in [6.45, 7) is 3.78. The summed E-state index contributed by atoms with van der Waals surface area (Å²) in [5.74, 6) is -2.49. The van der Waals surface area contributed by atoms with Crippen LogP contribution in [0.4, 0.5) is 5.69 Å². The van der Waals surface area contributed by atoms with Gasteiger partial charge in [0.2, 0.25) is 11.8 Å². The van der Waals surface area contributed by atoms with E-state index in [9.17, 15) is 19.2 Å². The zero-order valence-electron chi connectivity index (χ0n) is 19.9. The van der Waals surface area contributed by atoms with Crippen LogP contribution in [0.25, 0.3) is 0 Å². The van der Waals surface area contributed by atoms with Gasteiger partial charge in [0.1, 0.15) is 17.1 Å². The number of amides is 2. The number of rotatable bonds is 5. The molecule has 2 bridgehead atoms. The zero-order chi connectivity index (χ0) is 25.2. The Bertz CT molecular complexity index is 1280. The molecule has 1 aromatic carbocycles. The molecule has 6 rings (SSSR count). The number of esters is 1. The third-order valence-electron chi connectivity index (χ3n) is 7.90. The van der Waals surface area contributed by atoms with Crippen LogP contribution in [-0.2, 0) is 23.9 Å². The number of nitrogens with zero attached hydrogens (tertiary/aromatic N) is 1. The molecule has 1 aromatic heterocycles. The predicted octanol–water partition coefficient (Wildman–Crippen LogP) is 2.90. The van der Waals surface area contributed by atoms with Crippen LogP contribution in [0.1, 0.15) is 42.4 Å². The lowest BCUT2D eigenvalue weighted by atomic mass is 9.70. The van der Waals surface area contributed by atoms with Crippen LogP contribution >= 0.6 is 0 Å². The Hall–Kier alpha value is -3.72. The van der Waals surface area contributed by atoms with E-state index in [2.05, 4.69) is 5.32 Å². The summed E-state index contributed by atoms with van der Waals surface area (Å²) in [6.07, 6.45) is 4.78. The van der Waals surface area contributed by atoms with E-state index in [1.165, 1.54) is 6.26 Å². The van der Waals surface area contributed by atoms with Crippen molar-refractivity contribution in [3.8, 4) is 0 Å². The molecule has 4 aliphatic rings. The number of ether oxygens (including phenoxy) is 2. The van der Waals surface area contributed by atoms with Crippen molar-refractivity contribution >= 4 is 29.3 Å². The highest BCUT2D eigenvalue weighted by Gasteiger charge is 2.74. The van der Waals surface area contributed by atoms with E-state index in [0.29, 0.717) is 17.0 Å². The molecule has 9 nitrogen and oxygen atoms in total. The number of piperidine rings is 1. The molecular weight excluding hydrogens is 464 g/mol. The molecule has 7 atom stereocenters. The van der Waals surface area contributed by atoms with E-state index >= 15 is 0 Å². The van der Waals surface area contributed by atoms with Gasteiger partial charge in [-0.1, -0.05) is 25.1 Å². The van der Waals surface area contributed by atoms with Crippen molar-refractivity contribution in [2.75, 3.05) is 11.9 Å². The largest absolute Gasteiger partial charge is 0.467 e. The van der Waals surface area contributed by atoms with Crippen LogP contribution < -0.4 is 5.32 Å². The molecule has 1 spiro atoms. The Morgan fingerprint density at radius 1 is 1.22 bits per heavy atom. The molecule has 2 aromatic rings. The number of anilines is 1. The van der Waals surface area contributed by atoms with Crippen LogP contribution in [0.15, 0.2) is 59.2 Å². The van der Waals surface area contributed by atoms with Crippen molar-refractivity contribution < 1.29 is 33.1 Å². The quantitative estimate of drug-likeness (QED) is 0.506. The average molecular weight is 491 g/mol. The minimum atomic E-state index is -1.06. The number of nitrogens with one attached hydrogen (secondary N) is 1. The first kappa shape index (κ1) is 22.7. The molecule has 5 heterocycles. The fraction of sp³-hybridized carbons (Fsp3) is 0.407. The predicted molar refractivity (Wildman–Crippen MR) is 126 cm³/mol. The smallest absolute Gasteiger partial charge is 0.338 e. The number of carbonyl (C=O) groups is 4. The lowest BCUT2D eigenvalue weighted by Crippen LogP contribution is -2.55. The molecular formula is C27H26N2O7. The summed E-state index contributed by atoms with van der Waals surface area (Å²) in [5, 5.41) is 2.86. The molecule has 0 aliphatic carbocycles. The van der Waals surface area contributed by atoms with Gasteiger partial charge >= 0.3 is 5.97 Å². The van der Waals surface area contributed by atoms with Gasteiger partial charge in [-0.3, -0.25) is 14.4 Å². The van der Waals surface area contributed by atoms with Gasteiger partial charge in [0, 0.05) is 18.0 Å². The standard InChI is InChI=1S/C27H26N2O7/c1-3-34-26(33)15-6-4-7-16(12-15)28-24(31)21-20-9-10-27(36-20)22(21)25(32)29-17(19-8-5-11-35-19)13-18(30)14(2)23(27)29/h4-12,14,17,20-23H,3,13H2,1-2H3,(H,28,31)/t14?,17?,20-,21?,22?,23?,27?/m1/s1. The maximum Gasteiger partial charge on any atom is 0.338 e. The van der Waals surface area contributed by atoms with Crippen molar-refractivity contribution in [3.63, 3.8) is 0 Å². The number of Topliss-reactive ketones (excluding diaryl/α,β-unsaturated/α-hetero) is 1. The first-order valence-corrected chi connectivity index (χ1v) is 12.2. The molecule has 3 fully saturated rings. The summed E-state index contributed by atoms with van der Waals surface area (Å²) in [4.78, 5) is 54.4. The van der Waals surface area contributed by atoms with Gasteiger partial charge in [-0.05, 0) is 37.3 Å². The number of hydrogen-bond donors (Lipinski definition) is 1. The molecule has 2 amide bonds. The second-order valence-corrected chi connectivity index (χ2v) is 9.77. The Balaban J connectivity index is 1.32. The number of hydrogen-bond acceptors (Lipinski definition) is 7. The van der Waals surface area contributed by atoms with Gasteiger partial charge in [0.05, 0.1) is 48.5 Å². The minimum Gasteiger partial charge on any atom is -0.467 e. The van der Waals surface area contributed by atoms with Crippen molar-refractivity contribution in [2.24, 2.45) is 17.8 Å². The molecule has 4 aliphatic heterocycles. The highest BCUT2D eigenvalue weighted by atomic mass is 16.5. The van der Waals surface area contributed by atoms with Gasteiger partial charge in [0.15, 0.2) is 0 Å². The Morgan fingerprint density at radius 2 is 2.06 bits per heavy atom.